The molecule has 0 unspecified atom stereocenters. The number of benzene rings is 1. The molecule has 3 rings (SSSR count). The van der Waals surface area contributed by atoms with Crippen molar-refractivity contribution in [3.8, 4) is 5.75 Å². The van der Waals surface area contributed by atoms with Gasteiger partial charge >= 0.3 is 0 Å². The number of hydrogen-bond acceptors (Lipinski definition) is 3. The fraction of sp³-hybridized carbons (Fsp3) is 0.579. The molecule has 2 fully saturated rings. The number of carbonyl (C=O) groups is 2. The number of nitrogens with zero attached hydrogens (tertiary/aromatic N) is 2. The van der Waals surface area contributed by atoms with Gasteiger partial charge in [-0.15, -0.1) is 0 Å². The number of amides is 2. The van der Waals surface area contributed by atoms with E-state index in [1.54, 1.807) is 7.11 Å². The Labute approximate surface area is 143 Å². The molecule has 1 spiro atoms. The quantitative estimate of drug-likeness (QED) is 0.852. The lowest BCUT2D eigenvalue weighted by Crippen LogP contribution is -2.50. The van der Waals surface area contributed by atoms with Gasteiger partial charge in [-0.2, -0.15) is 0 Å². The summed E-state index contributed by atoms with van der Waals surface area (Å²) in [7, 11) is 1.65. The third-order valence-electron chi connectivity index (χ3n) is 5.34. The zero-order valence-corrected chi connectivity index (χ0v) is 14.6. The van der Waals surface area contributed by atoms with Gasteiger partial charge in [-0.25, -0.2) is 0 Å². The van der Waals surface area contributed by atoms with E-state index in [0.29, 0.717) is 26.1 Å². The van der Waals surface area contributed by atoms with Gasteiger partial charge in [0, 0.05) is 32.6 Å². The number of hydrogen-bond donors (Lipinski definition) is 0. The largest absolute Gasteiger partial charge is 0.497 e. The summed E-state index contributed by atoms with van der Waals surface area (Å²) in [6, 6.07) is 7.87. The molecule has 0 N–H and O–H groups in total. The van der Waals surface area contributed by atoms with Crippen molar-refractivity contribution in [3.05, 3.63) is 29.8 Å². The molecule has 2 amide bonds. The summed E-state index contributed by atoms with van der Waals surface area (Å²) in [5, 5.41) is 0. The average molecular weight is 330 g/mol. The summed E-state index contributed by atoms with van der Waals surface area (Å²) in [4.78, 5) is 28.9. The Morgan fingerprint density at radius 1 is 1.29 bits per heavy atom. The van der Waals surface area contributed by atoms with Crippen LogP contribution in [-0.2, 0) is 16.1 Å². The van der Waals surface area contributed by atoms with E-state index in [1.807, 2.05) is 41.0 Å². The molecule has 0 aliphatic carbocycles. The van der Waals surface area contributed by atoms with Crippen molar-refractivity contribution in [2.75, 3.05) is 26.7 Å². The molecular weight excluding hydrogens is 304 g/mol. The molecule has 5 heteroatoms. The molecule has 0 bridgehead atoms. The predicted octanol–water partition coefficient (Wildman–Crippen LogP) is 2.45. The van der Waals surface area contributed by atoms with Gasteiger partial charge < -0.3 is 14.5 Å². The normalized spacial score (nSPS) is 23.8. The Kier molecular flexibility index (Phi) is 4.78. The van der Waals surface area contributed by atoms with Crippen LogP contribution in [0.3, 0.4) is 0 Å². The first-order chi connectivity index (χ1) is 11.6. The second-order valence-corrected chi connectivity index (χ2v) is 6.88. The SMILES string of the molecule is CCC(=O)N1CC[C@@]2(CCCN(Cc3cccc(OC)c3)C2=O)C1. The van der Waals surface area contributed by atoms with Gasteiger partial charge in [0.1, 0.15) is 5.75 Å². The lowest BCUT2D eigenvalue weighted by molar-refractivity contribution is -0.146. The highest BCUT2D eigenvalue weighted by molar-refractivity contribution is 5.86. The van der Waals surface area contributed by atoms with Crippen molar-refractivity contribution in [1.29, 1.82) is 0 Å². The van der Waals surface area contributed by atoms with Gasteiger partial charge in [0.2, 0.25) is 11.8 Å². The number of piperidine rings is 1. The second kappa shape index (κ2) is 6.83. The standard InChI is InChI=1S/C19H26N2O3/c1-3-17(22)21-11-9-19(14-21)8-5-10-20(18(19)23)13-15-6-4-7-16(12-15)24-2/h4,6-7,12H,3,5,8-11,13-14H2,1-2H3/t19-/m0/s1. The van der Waals surface area contributed by atoms with Crippen LogP contribution in [0.15, 0.2) is 24.3 Å². The maximum absolute atomic E-state index is 13.1. The fourth-order valence-electron chi connectivity index (χ4n) is 3.98. The van der Waals surface area contributed by atoms with Crippen molar-refractivity contribution in [3.63, 3.8) is 0 Å². The lowest BCUT2D eigenvalue weighted by atomic mass is 9.78. The molecule has 2 saturated heterocycles. The van der Waals surface area contributed by atoms with Crippen molar-refractivity contribution in [2.24, 2.45) is 5.41 Å². The van der Waals surface area contributed by atoms with Crippen LogP contribution in [0.5, 0.6) is 5.75 Å². The summed E-state index contributed by atoms with van der Waals surface area (Å²) < 4.78 is 5.27. The van der Waals surface area contributed by atoms with Crippen molar-refractivity contribution in [2.45, 2.75) is 39.2 Å². The van der Waals surface area contributed by atoms with E-state index in [-0.39, 0.29) is 17.2 Å². The summed E-state index contributed by atoms with van der Waals surface area (Å²) in [6.07, 6.45) is 3.21. The number of ether oxygens (including phenoxy) is 1. The molecule has 1 aromatic carbocycles. The molecule has 0 saturated carbocycles. The van der Waals surface area contributed by atoms with Crippen LogP contribution in [0.2, 0.25) is 0 Å². The third kappa shape index (κ3) is 3.12. The first-order valence-corrected chi connectivity index (χ1v) is 8.78. The minimum Gasteiger partial charge on any atom is -0.497 e. The van der Waals surface area contributed by atoms with Crippen molar-refractivity contribution >= 4 is 11.8 Å². The average Bonchev–Trinajstić information content (AvgIpc) is 3.04. The highest BCUT2D eigenvalue weighted by Crippen LogP contribution is 2.40. The predicted molar refractivity (Wildman–Crippen MR) is 91.6 cm³/mol. The number of carbonyl (C=O) groups excluding carboxylic acids is 2. The van der Waals surface area contributed by atoms with Gasteiger partial charge in [-0.05, 0) is 37.0 Å². The zero-order chi connectivity index (χ0) is 17.2. The zero-order valence-electron chi connectivity index (χ0n) is 14.6. The first-order valence-electron chi connectivity index (χ1n) is 8.78. The van der Waals surface area contributed by atoms with E-state index in [0.717, 1.165) is 37.1 Å². The van der Waals surface area contributed by atoms with Crippen molar-refractivity contribution < 1.29 is 14.3 Å². The topological polar surface area (TPSA) is 49.9 Å². The number of methoxy groups -OCH3 is 1. The molecule has 5 nitrogen and oxygen atoms in total. The van der Waals surface area contributed by atoms with Gasteiger partial charge in [-0.3, -0.25) is 9.59 Å². The first kappa shape index (κ1) is 16.8. The van der Waals surface area contributed by atoms with Crippen LogP contribution in [0, 0.1) is 5.41 Å². The highest BCUT2D eigenvalue weighted by atomic mass is 16.5. The molecular formula is C19H26N2O3. The molecule has 1 aromatic rings. The van der Waals surface area contributed by atoms with Crippen LogP contribution in [0.1, 0.15) is 38.2 Å². The highest BCUT2D eigenvalue weighted by Gasteiger charge is 2.49. The summed E-state index contributed by atoms with van der Waals surface area (Å²) >= 11 is 0. The molecule has 1 atom stereocenters. The molecule has 2 aliphatic heterocycles. The summed E-state index contributed by atoms with van der Waals surface area (Å²) in [5.41, 5.74) is 0.723. The Hall–Kier alpha value is -2.04. The van der Waals surface area contributed by atoms with Gasteiger partial charge in [0.05, 0.1) is 12.5 Å². The van der Waals surface area contributed by atoms with Crippen molar-refractivity contribution in [1.82, 2.24) is 9.80 Å². The van der Waals surface area contributed by atoms with E-state index in [9.17, 15) is 9.59 Å². The molecule has 2 heterocycles. The minimum atomic E-state index is -0.359. The number of likely N-dealkylation sites (tertiary alicyclic amines) is 2. The molecule has 130 valence electrons. The Balaban J connectivity index is 1.72. The van der Waals surface area contributed by atoms with Gasteiger partial charge in [0.15, 0.2) is 0 Å². The van der Waals surface area contributed by atoms with E-state index in [4.69, 9.17) is 4.74 Å². The molecule has 2 aliphatic rings. The van der Waals surface area contributed by atoms with E-state index in [2.05, 4.69) is 0 Å². The smallest absolute Gasteiger partial charge is 0.230 e. The van der Waals surface area contributed by atoms with E-state index < -0.39 is 0 Å². The molecule has 24 heavy (non-hydrogen) atoms. The van der Waals surface area contributed by atoms with Crippen LogP contribution >= 0.6 is 0 Å². The van der Waals surface area contributed by atoms with Crippen LogP contribution in [0.4, 0.5) is 0 Å². The summed E-state index contributed by atoms with van der Waals surface area (Å²) in [5.74, 6) is 1.18. The van der Waals surface area contributed by atoms with Crippen LogP contribution < -0.4 is 4.74 Å². The second-order valence-electron chi connectivity index (χ2n) is 6.88. The van der Waals surface area contributed by atoms with Crippen LogP contribution in [-0.4, -0.2) is 48.4 Å². The maximum atomic E-state index is 13.1. The Morgan fingerprint density at radius 2 is 2.12 bits per heavy atom. The third-order valence-corrected chi connectivity index (χ3v) is 5.34. The maximum Gasteiger partial charge on any atom is 0.230 e. The summed E-state index contributed by atoms with van der Waals surface area (Å²) in [6.45, 7) is 4.59. The van der Waals surface area contributed by atoms with E-state index in [1.165, 1.54) is 0 Å². The monoisotopic (exact) mass is 330 g/mol. The van der Waals surface area contributed by atoms with Crippen LogP contribution in [0.25, 0.3) is 0 Å². The molecule has 0 radical (unpaired) electrons. The fourth-order valence-corrected chi connectivity index (χ4v) is 3.98. The van der Waals surface area contributed by atoms with Gasteiger partial charge in [-0.1, -0.05) is 19.1 Å². The number of rotatable bonds is 4. The van der Waals surface area contributed by atoms with E-state index >= 15 is 0 Å². The Morgan fingerprint density at radius 3 is 2.88 bits per heavy atom. The minimum absolute atomic E-state index is 0.157. The Bertz CT molecular complexity index is 631. The molecule has 0 aromatic heterocycles. The van der Waals surface area contributed by atoms with Gasteiger partial charge in [0.25, 0.3) is 0 Å². The lowest BCUT2D eigenvalue weighted by Gasteiger charge is -2.39.